The quantitative estimate of drug-likeness (QED) is 0.819. The number of anilines is 1. The lowest BCUT2D eigenvalue weighted by molar-refractivity contribution is -0.141. The molecule has 0 aliphatic rings. The van der Waals surface area contributed by atoms with Crippen LogP contribution < -0.4 is 5.32 Å². The van der Waals surface area contributed by atoms with Gasteiger partial charge < -0.3 is 5.32 Å². The highest BCUT2D eigenvalue weighted by Crippen LogP contribution is 2.29. The van der Waals surface area contributed by atoms with Crippen molar-refractivity contribution >= 4 is 17.4 Å². The van der Waals surface area contributed by atoms with E-state index in [0.29, 0.717) is 5.92 Å². The fraction of sp³-hybridized carbons (Fsp3) is 0.667. The third-order valence-electron chi connectivity index (χ3n) is 2.84. The van der Waals surface area contributed by atoms with Gasteiger partial charge in [-0.25, -0.2) is 9.97 Å². The van der Waals surface area contributed by atoms with Crippen molar-refractivity contribution in [3.8, 4) is 0 Å². The van der Waals surface area contributed by atoms with Crippen molar-refractivity contribution in [1.82, 2.24) is 9.97 Å². The molecule has 0 saturated carbocycles. The van der Waals surface area contributed by atoms with Gasteiger partial charge in [0.15, 0.2) is 5.69 Å². The Hall–Kier alpha value is -1.04. The van der Waals surface area contributed by atoms with Gasteiger partial charge in [-0.2, -0.15) is 13.2 Å². The average molecular weight is 296 g/mol. The second kappa shape index (κ2) is 6.41. The maximum absolute atomic E-state index is 12.6. The van der Waals surface area contributed by atoms with Crippen molar-refractivity contribution in [1.29, 1.82) is 0 Å². The third-order valence-corrected chi connectivity index (χ3v) is 3.01. The van der Waals surface area contributed by atoms with Crippen molar-refractivity contribution in [2.75, 3.05) is 5.32 Å². The molecular weight excluding hydrogens is 279 g/mol. The van der Waals surface area contributed by atoms with E-state index in [1.807, 2.05) is 6.92 Å². The summed E-state index contributed by atoms with van der Waals surface area (Å²) in [5.74, 6) is 0.588. The Bertz CT molecular complexity index is 423. The number of alkyl halides is 3. The molecule has 2 unspecified atom stereocenters. The molecule has 0 radical (unpaired) electrons. The zero-order valence-electron chi connectivity index (χ0n) is 11.1. The van der Waals surface area contributed by atoms with E-state index in [9.17, 15) is 13.2 Å². The van der Waals surface area contributed by atoms with E-state index >= 15 is 0 Å². The first-order chi connectivity index (χ1) is 8.72. The Kier molecular flexibility index (Phi) is 5.40. The molecule has 0 saturated heterocycles. The number of aromatic nitrogens is 2. The molecule has 0 aliphatic carbocycles. The van der Waals surface area contributed by atoms with Crippen molar-refractivity contribution < 1.29 is 13.2 Å². The Morgan fingerprint density at radius 1 is 1.32 bits per heavy atom. The lowest BCUT2D eigenvalue weighted by atomic mass is 10.0. The average Bonchev–Trinajstić information content (AvgIpc) is 2.26. The summed E-state index contributed by atoms with van der Waals surface area (Å²) in [7, 11) is 0. The van der Waals surface area contributed by atoms with Crippen LogP contribution in [0.2, 0.25) is 5.28 Å². The first kappa shape index (κ1) is 16.0. The van der Waals surface area contributed by atoms with Gasteiger partial charge in [-0.1, -0.05) is 20.3 Å². The molecular formula is C12H17ClF3N3. The van der Waals surface area contributed by atoms with Gasteiger partial charge in [-0.3, -0.25) is 0 Å². The molecule has 1 aromatic heterocycles. The number of nitrogens with zero attached hydrogens (tertiary/aromatic N) is 2. The molecule has 0 spiro atoms. The maximum atomic E-state index is 12.6. The molecule has 108 valence electrons. The lowest BCUT2D eigenvalue weighted by Gasteiger charge is -2.18. The SMILES string of the molecule is CCC(C)CC(C)Nc1cc(C(F)(F)F)nc(Cl)n1. The maximum Gasteiger partial charge on any atom is 0.433 e. The van der Waals surface area contributed by atoms with Crippen LogP contribution in [0.4, 0.5) is 19.0 Å². The molecule has 0 bridgehead atoms. The minimum atomic E-state index is -4.52. The van der Waals surface area contributed by atoms with Crippen LogP contribution in [0.15, 0.2) is 6.07 Å². The van der Waals surface area contributed by atoms with Crippen molar-refractivity contribution in [2.24, 2.45) is 5.92 Å². The molecule has 19 heavy (non-hydrogen) atoms. The van der Waals surface area contributed by atoms with E-state index in [4.69, 9.17) is 11.6 Å². The predicted molar refractivity (Wildman–Crippen MR) is 69.2 cm³/mol. The third kappa shape index (κ3) is 5.22. The molecule has 7 heteroatoms. The minimum absolute atomic E-state index is 0.0157. The molecule has 1 heterocycles. The van der Waals surface area contributed by atoms with Crippen LogP contribution in [0.5, 0.6) is 0 Å². The highest BCUT2D eigenvalue weighted by molar-refractivity contribution is 6.28. The first-order valence-corrected chi connectivity index (χ1v) is 6.48. The fourth-order valence-electron chi connectivity index (χ4n) is 1.72. The molecule has 1 aromatic rings. The second-order valence-corrected chi connectivity index (χ2v) is 5.04. The Morgan fingerprint density at radius 2 is 1.95 bits per heavy atom. The Labute approximate surface area is 115 Å². The number of hydrogen-bond donors (Lipinski definition) is 1. The number of hydrogen-bond acceptors (Lipinski definition) is 3. The molecule has 0 fully saturated rings. The molecule has 1 N–H and O–H groups in total. The van der Waals surface area contributed by atoms with Gasteiger partial charge in [0.1, 0.15) is 5.82 Å². The summed E-state index contributed by atoms with van der Waals surface area (Å²) in [6, 6.07) is 0.890. The summed E-state index contributed by atoms with van der Waals surface area (Å²) in [5.41, 5.74) is -1.04. The standard InChI is InChI=1S/C12H17ClF3N3/c1-4-7(2)5-8(3)17-10-6-9(12(14,15)16)18-11(13)19-10/h6-8H,4-5H2,1-3H3,(H,17,18,19). The molecule has 0 aromatic carbocycles. The highest BCUT2D eigenvalue weighted by Gasteiger charge is 2.33. The summed E-state index contributed by atoms with van der Waals surface area (Å²) in [6.07, 6.45) is -2.66. The smallest absolute Gasteiger partial charge is 0.367 e. The van der Waals surface area contributed by atoms with E-state index in [2.05, 4.69) is 29.1 Å². The fourth-order valence-corrected chi connectivity index (χ4v) is 1.90. The lowest BCUT2D eigenvalue weighted by Crippen LogP contribution is -2.20. The largest absolute Gasteiger partial charge is 0.433 e. The molecule has 0 aliphatic heterocycles. The van der Waals surface area contributed by atoms with Gasteiger partial charge in [-0.15, -0.1) is 0 Å². The van der Waals surface area contributed by atoms with Crippen molar-refractivity contribution in [2.45, 2.75) is 45.8 Å². The zero-order chi connectivity index (χ0) is 14.6. The van der Waals surface area contributed by atoms with Gasteiger partial charge in [-0.05, 0) is 30.9 Å². The topological polar surface area (TPSA) is 37.8 Å². The van der Waals surface area contributed by atoms with Crippen molar-refractivity contribution in [3.05, 3.63) is 17.0 Å². The summed E-state index contributed by atoms with van der Waals surface area (Å²) < 4.78 is 37.7. The monoisotopic (exact) mass is 295 g/mol. The van der Waals surface area contributed by atoms with Crippen LogP contribution >= 0.6 is 11.6 Å². The minimum Gasteiger partial charge on any atom is -0.367 e. The summed E-state index contributed by atoms with van der Waals surface area (Å²) in [4.78, 5) is 6.94. The molecule has 1 rings (SSSR count). The molecule has 2 atom stereocenters. The van der Waals surface area contributed by atoms with Crippen LogP contribution in [0.25, 0.3) is 0 Å². The summed E-state index contributed by atoms with van der Waals surface area (Å²) >= 11 is 5.51. The Morgan fingerprint density at radius 3 is 2.47 bits per heavy atom. The van der Waals surface area contributed by atoms with E-state index in [1.54, 1.807) is 0 Å². The zero-order valence-corrected chi connectivity index (χ0v) is 11.8. The van der Waals surface area contributed by atoms with Gasteiger partial charge >= 0.3 is 6.18 Å². The summed E-state index contributed by atoms with van der Waals surface area (Å²) in [5, 5.41) is 2.52. The molecule has 0 amide bonds. The summed E-state index contributed by atoms with van der Waals surface area (Å²) in [6.45, 7) is 6.06. The number of nitrogens with one attached hydrogen (secondary N) is 1. The second-order valence-electron chi connectivity index (χ2n) is 4.70. The van der Waals surface area contributed by atoms with Crippen LogP contribution in [0, 0.1) is 5.92 Å². The van der Waals surface area contributed by atoms with Crippen LogP contribution in [-0.4, -0.2) is 16.0 Å². The number of rotatable bonds is 5. The van der Waals surface area contributed by atoms with E-state index in [0.717, 1.165) is 18.9 Å². The first-order valence-electron chi connectivity index (χ1n) is 6.10. The van der Waals surface area contributed by atoms with Gasteiger partial charge in [0, 0.05) is 12.1 Å². The van der Waals surface area contributed by atoms with Gasteiger partial charge in [0.05, 0.1) is 0 Å². The predicted octanol–water partition coefficient (Wildman–Crippen LogP) is 4.39. The van der Waals surface area contributed by atoms with Crippen LogP contribution in [-0.2, 0) is 6.18 Å². The Balaban J connectivity index is 2.81. The van der Waals surface area contributed by atoms with E-state index in [1.165, 1.54) is 0 Å². The van der Waals surface area contributed by atoms with E-state index in [-0.39, 0.29) is 11.9 Å². The van der Waals surface area contributed by atoms with Gasteiger partial charge in [0.2, 0.25) is 5.28 Å². The molecule has 3 nitrogen and oxygen atoms in total. The highest BCUT2D eigenvalue weighted by atomic mass is 35.5. The normalized spacial score (nSPS) is 15.1. The van der Waals surface area contributed by atoms with Crippen LogP contribution in [0.1, 0.15) is 39.3 Å². The van der Waals surface area contributed by atoms with Crippen LogP contribution in [0.3, 0.4) is 0 Å². The van der Waals surface area contributed by atoms with Crippen molar-refractivity contribution in [3.63, 3.8) is 0 Å². The van der Waals surface area contributed by atoms with E-state index < -0.39 is 17.2 Å². The number of halogens is 4. The van der Waals surface area contributed by atoms with Gasteiger partial charge in [0.25, 0.3) is 0 Å².